The minimum absolute atomic E-state index is 0.0981. The van der Waals surface area contributed by atoms with Crippen LogP contribution in [0.3, 0.4) is 0 Å². The second-order valence-electron chi connectivity index (χ2n) is 5.03. The Bertz CT molecular complexity index is 742. The molecular weight excluding hydrogens is 262 g/mol. The molecule has 0 aromatic heterocycles. The molecule has 2 aromatic carbocycles. The number of allylic oxidation sites excluding steroid dienone is 1. The minimum Gasteiger partial charge on any atom is -0.355 e. The minimum atomic E-state index is -0.112. The molecule has 0 saturated heterocycles. The Balaban J connectivity index is 1.87. The Hall–Kier alpha value is -2.68. The molecule has 0 spiro atoms. The summed E-state index contributed by atoms with van der Waals surface area (Å²) < 4.78 is 0. The molecule has 0 aliphatic heterocycles. The monoisotopic (exact) mass is 277 g/mol. The first-order chi connectivity index (χ1) is 10.2. The van der Waals surface area contributed by atoms with E-state index in [1.165, 1.54) is 0 Å². The average molecular weight is 277 g/mol. The molecule has 0 atom stereocenters. The zero-order valence-corrected chi connectivity index (χ0v) is 11.7. The first kappa shape index (κ1) is 13.3. The zero-order valence-electron chi connectivity index (χ0n) is 11.7. The van der Waals surface area contributed by atoms with Crippen LogP contribution < -0.4 is 5.32 Å². The van der Waals surface area contributed by atoms with Crippen molar-refractivity contribution in [3.63, 3.8) is 0 Å². The highest BCUT2D eigenvalue weighted by atomic mass is 16.1. The van der Waals surface area contributed by atoms with Gasteiger partial charge in [-0.3, -0.25) is 9.59 Å². The summed E-state index contributed by atoms with van der Waals surface area (Å²) >= 11 is 0. The molecule has 0 radical (unpaired) electrons. The van der Waals surface area contributed by atoms with Gasteiger partial charge in [0.1, 0.15) is 0 Å². The molecule has 21 heavy (non-hydrogen) atoms. The number of nitrogens with one attached hydrogen (secondary N) is 1. The van der Waals surface area contributed by atoms with Gasteiger partial charge in [-0.2, -0.15) is 0 Å². The van der Waals surface area contributed by atoms with Gasteiger partial charge >= 0.3 is 0 Å². The molecule has 0 bridgehead atoms. The van der Waals surface area contributed by atoms with Gasteiger partial charge in [0.25, 0.3) is 5.91 Å². The Morgan fingerprint density at radius 2 is 1.81 bits per heavy atom. The van der Waals surface area contributed by atoms with E-state index in [9.17, 15) is 9.59 Å². The maximum absolute atomic E-state index is 12.3. The van der Waals surface area contributed by atoms with E-state index in [-0.39, 0.29) is 11.7 Å². The fraction of sp³-hybridized carbons (Fsp3) is 0.111. The van der Waals surface area contributed by atoms with Crippen LogP contribution in [-0.4, -0.2) is 18.7 Å². The number of ketones is 1. The molecule has 3 heteroatoms. The number of hydrogen-bond acceptors (Lipinski definition) is 2. The fourth-order valence-corrected chi connectivity index (χ4v) is 2.55. The van der Waals surface area contributed by atoms with Gasteiger partial charge in [0.15, 0.2) is 5.78 Å². The highest BCUT2D eigenvalue weighted by Crippen LogP contribution is 2.27. The normalized spacial score (nSPS) is 15.1. The quantitative estimate of drug-likeness (QED) is 0.858. The Labute approximate surface area is 123 Å². The zero-order chi connectivity index (χ0) is 14.8. The number of rotatable bonds is 2. The van der Waals surface area contributed by atoms with Crippen molar-refractivity contribution in [2.45, 2.75) is 6.42 Å². The molecular formula is C18H15NO2. The summed E-state index contributed by atoms with van der Waals surface area (Å²) in [5, 5.41) is 2.58. The molecule has 1 aliphatic carbocycles. The van der Waals surface area contributed by atoms with Crippen LogP contribution in [0.15, 0.2) is 54.1 Å². The highest BCUT2D eigenvalue weighted by molar-refractivity contribution is 6.15. The number of benzene rings is 2. The van der Waals surface area contributed by atoms with Gasteiger partial charge in [0.2, 0.25) is 0 Å². The van der Waals surface area contributed by atoms with Gasteiger partial charge in [0.05, 0.1) is 0 Å². The first-order valence-electron chi connectivity index (χ1n) is 6.84. The second-order valence-corrected chi connectivity index (χ2v) is 5.03. The van der Waals surface area contributed by atoms with Crippen molar-refractivity contribution < 1.29 is 9.59 Å². The predicted octanol–water partition coefficient (Wildman–Crippen LogP) is 2.87. The summed E-state index contributed by atoms with van der Waals surface area (Å²) in [5.74, 6) is -0.0143. The van der Waals surface area contributed by atoms with Crippen LogP contribution in [0, 0.1) is 0 Å². The third-order valence-corrected chi connectivity index (χ3v) is 3.68. The van der Waals surface area contributed by atoms with E-state index in [4.69, 9.17) is 0 Å². The van der Waals surface area contributed by atoms with E-state index >= 15 is 0 Å². The first-order valence-corrected chi connectivity index (χ1v) is 6.84. The number of Topliss-reactive ketones (excluding diaryl/α,β-unsaturated/α-hetero) is 1. The second kappa shape index (κ2) is 5.37. The fourth-order valence-electron chi connectivity index (χ4n) is 2.55. The molecule has 1 amide bonds. The van der Waals surface area contributed by atoms with E-state index in [2.05, 4.69) is 5.32 Å². The lowest BCUT2D eigenvalue weighted by Crippen LogP contribution is -2.17. The summed E-state index contributed by atoms with van der Waals surface area (Å²) in [6.07, 6.45) is 2.57. The van der Waals surface area contributed by atoms with Crippen LogP contribution in [0.25, 0.3) is 6.08 Å². The van der Waals surface area contributed by atoms with Crippen molar-refractivity contribution in [2.24, 2.45) is 0 Å². The standard InChI is InChI=1S/C18H15NO2/c1-19-18(21)13-8-6-12(7-9-13)10-15-11-14-4-2-3-5-16(14)17(15)20/h2-10H,11H2,1H3,(H,19,21). The van der Waals surface area contributed by atoms with Gasteiger partial charge in [-0.15, -0.1) is 0 Å². The topological polar surface area (TPSA) is 46.2 Å². The third kappa shape index (κ3) is 2.50. The van der Waals surface area contributed by atoms with E-state index in [0.717, 1.165) is 22.3 Å². The van der Waals surface area contributed by atoms with Gasteiger partial charge < -0.3 is 5.32 Å². The van der Waals surface area contributed by atoms with Crippen molar-refractivity contribution in [2.75, 3.05) is 7.05 Å². The Morgan fingerprint density at radius 3 is 2.48 bits per heavy atom. The largest absolute Gasteiger partial charge is 0.355 e. The van der Waals surface area contributed by atoms with E-state index in [1.807, 2.05) is 42.5 Å². The predicted molar refractivity (Wildman–Crippen MR) is 82.3 cm³/mol. The van der Waals surface area contributed by atoms with Crippen LogP contribution in [-0.2, 0) is 6.42 Å². The Kier molecular flexibility index (Phi) is 3.40. The number of carbonyl (C=O) groups is 2. The molecule has 104 valence electrons. The van der Waals surface area contributed by atoms with E-state index in [1.54, 1.807) is 19.2 Å². The molecule has 3 rings (SSSR count). The molecule has 1 aliphatic rings. The van der Waals surface area contributed by atoms with E-state index < -0.39 is 0 Å². The van der Waals surface area contributed by atoms with E-state index in [0.29, 0.717) is 12.0 Å². The molecule has 2 aromatic rings. The maximum atomic E-state index is 12.3. The van der Waals surface area contributed by atoms with Crippen molar-refractivity contribution in [3.8, 4) is 0 Å². The highest BCUT2D eigenvalue weighted by Gasteiger charge is 2.23. The summed E-state index contributed by atoms with van der Waals surface area (Å²) in [6, 6.07) is 14.9. The van der Waals surface area contributed by atoms with Crippen LogP contribution >= 0.6 is 0 Å². The van der Waals surface area contributed by atoms with Crippen molar-refractivity contribution in [1.82, 2.24) is 5.32 Å². The van der Waals surface area contributed by atoms with Gasteiger partial charge in [0, 0.05) is 30.2 Å². The lowest BCUT2D eigenvalue weighted by atomic mass is 10.1. The molecule has 0 heterocycles. The molecule has 1 N–H and O–H groups in total. The van der Waals surface area contributed by atoms with Gasteiger partial charge in [-0.1, -0.05) is 36.4 Å². The summed E-state index contributed by atoms with van der Waals surface area (Å²) in [7, 11) is 1.60. The van der Waals surface area contributed by atoms with Crippen LogP contribution in [0.4, 0.5) is 0 Å². The molecule has 0 fully saturated rings. The van der Waals surface area contributed by atoms with Crippen LogP contribution in [0.5, 0.6) is 0 Å². The SMILES string of the molecule is CNC(=O)c1ccc(C=C2Cc3ccccc3C2=O)cc1. The number of carbonyl (C=O) groups excluding carboxylic acids is 2. The Morgan fingerprint density at radius 1 is 1.10 bits per heavy atom. The lowest BCUT2D eigenvalue weighted by molar-refractivity contribution is 0.0962. The average Bonchev–Trinajstić information content (AvgIpc) is 2.84. The summed E-state index contributed by atoms with van der Waals surface area (Å²) in [6.45, 7) is 0. The van der Waals surface area contributed by atoms with Crippen molar-refractivity contribution in [1.29, 1.82) is 0 Å². The smallest absolute Gasteiger partial charge is 0.251 e. The molecule has 0 saturated carbocycles. The number of fused-ring (bicyclic) bond motifs is 1. The number of amides is 1. The van der Waals surface area contributed by atoms with Crippen LogP contribution in [0.1, 0.15) is 31.8 Å². The molecule has 3 nitrogen and oxygen atoms in total. The lowest BCUT2D eigenvalue weighted by Gasteiger charge is -2.01. The van der Waals surface area contributed by atoms with Gasteiger partial charge in [-0.05, 0) is 29.3 Å². The summed E-state index contributed by atoms with van der Waals surface area (Å²) in [5.41, 5.74) is 4.21. The number of hydrogen-bond donors (Lipinski definition) is 1. The van der Waals surface area contributed by atoms with Crippen molar-refractivity contribution in [3.05, 3.63) is 76.4 Å². The van der Waals surface area contributed by atoms with Crippen LogP contribution in [0.2, 0.25) is 0 Å². The van der Waals surface area contributed by atoms with Crippen molar-refractivity contribution >= 4 is 17.8 Å². The van der Waals surface area contributed by atoms with Gasteiger partial charge in [-0.25, -0.2) is 0 Å². The third-order valence-electron chi connectivity index (χ3n) is 3.68. The molecule has 0 unspecified atom stereocenters. The maximum Gasteiger partial charge on any atom is 0.251 e. The summed E-state index contributed by atoms with van der Waals surface area (Å²) in [4.78, 5) is 23.8.